The zero-order valence-electron chi connectivity index (χ0n) is 15.0. The maximum absolute atomic E-state index is 12.6. The molecule has 9 heteroatoms. The van der Waals surface area contributed by atoms with Gasteiger partial charge in [-0.1, -0.05) is 0 Å². The number of nitrogens with zero attached hydrogens (tertiary/aromatic N) is 4. The molecule has 1 saturated heterocycles. The van der Waals surface area contributed by atoms with Crippen LogP contribution in [-0.2, 0) is 6.18 Å². The van der Waals surface area contributed by atoms with Gasteiger partial charge in [0.2, 0.25) is 0 Å². The maximum Gasteiger partial charge on any atom is 0.433 e. The molecular formula is C18H19F3N4O2. The van der Waals surface area contributed by atoms with E-state index in [0.29, 0.717) is 13.1 Å². The summed E-state index contributed by atoms with van der Waals surface area (Å²) in [7, 11) is 0. The standard InChI is InChI=1S/C18H19F3N4O2/c1-11-8-12(2)24-17(23-11)27-14-4-3-7-25(10-14)16(26)13-5-6-15(22-9-13)18(19,20)21/h5-6,8-9,14H,3-4,7,10H2,1-2H3/t14-/m0/s1. The summed E-state index contributed by atoms with van der Waals surface area (Å²) in [5, 5.41) is 0. The summed E-state index contributed by atoms with van der Waals surface area (Å²) in [4.78, 5) is 26.0. The van der Waals surface area contributed by atoms with Crippen LogP contribution in [0.25, 0.3) is 0 Å². The summed E-state index contributed by atoms with van der Waals surface area (Å²) in [5.41, 5.74) is 0.673. The normalized spacial score (nSPS) is 17.7. The smallest absolute Gasteiger partial charge is 0.433 e. The Balaban J connectivity index is 1.67. The molecule has 144 valence electrons. The molecule has 3 heterocycles. The van der Waals surface area contributed by atoms with Crippen molar-refractivity contribution in [2.75, 3.05) is 13.1 Å². The van der Waals surface area contributed by atoms with E-state index < -0.39 is 11.9 Å². The summed E-state index contributed by atoms with van der Waals surface area (Å²) in [6.45, 7) is 4.51. The molecule has 2 aromatic heterocycles. The molecule has 2 aromatic rings. The van der Waals surface area contributed by atoms with Crippen molar-refractivity contribution in [3.8, 4) is 6.01 Å². The van der Waals surface area contributed by atoms with Gasteiger partial charge >= 0.3 is 12.2 Å². The third-order valence-corrected chi connectivity index (χ3v) is 4.20. The third-order valence-electron chi connectivity index (χ3n) is 4.20. The van der Waals surface area contributed by atoms with Crippen LogP contribution in [0.5, 0.6) is 6.01 Å². The fraction of sp³-hybridized carbons (Fsp3) is 0.444. The highest BCUT2D eigenvalue weighted by molar-refractivity contribution is 5.94. The quantitative estimate of drug-likeness (QED) is 0.818. The number of hydrogen-bond donors (Lipinski definition) is 0. The monoisotopic (exact) mass is 380 g/mol. The molecule has 1 atom stereocenters. The second kappa shape index (κ2) is 7.50. The lowest BCUT2D eigenvalue weighted by atomic mass is 10.1. The number of likely N-dealkylation sites (tertiary alicyclic amines) is 1. The number of alkyl halides is 3. The zero-order valence-corrected chi connectivity index (χ0v) is 15.0. The molecule has 1 amide bonds. The second-order valence-electron chi connectivity index (χ2n) is 6.50. The van der Waals surface area contributed by atoms with Crippen molar-refractivity contribution in [3.05, 3.63) is 47.0 Å². The first-order valence-electron chi connectivity index (χ1n) is 8.54. The largest absolute Gasteiger partial charge is 0.458 e. The molecule has 1 fully saturated rings. The number of carbonyl (C=O) groups excluding carboxylic acids is 1. The minimum absolute atomic E-state index is 0.117. The Morgan fingerprint density at radius 1 is 1.22 bits per heavy atom. The lowest BCUT2D eigenvalue weighted by molar-refractivity contribution is -0.141. The fourth-order valence-electron chi connectivity index (χ4n) is 2.98. The molecule has 3 rings (SSSR count). The number of aryl methyl sites for hydroxylation is 2. The summed E-state index contributed by atoms with van der Waals surface area (Å²) in [6, 6.07) is 4.06. The Bertz CT molecular complexity index is 804. The number of halogens is 3. The summed E-state index contributed by atoms with van der Waals surface area (Å²) in [6.07, 6.45) is -2.38. The molecule has 0 aliphatic carbocycles. The van der Waals surface area contributed by atoms with E-state index in [1.807, 2.05) is 19.9 Å². The Kier molecular flexibility index (Phi) is 5.29. The maximum atomic E-state index is 12.6. The molecule has 1 aliphatic heterocycles. The SMILES string of the molecule is Cc1cc(C)nc(O[C@H]2CCCN(C(=O)c3ccc(C(F)(F)F)nc3)C2)n1. The average Bonchev–Trinajstić information content (AvgIpc) is 2.60. The van der Waals surface area contributed by atoms with E-state index in [4.69, 9.17) is 4.74 Å². The predicted octanol–water partition coefficient (Wildman–Crippen LogP) is 3.19. The fourth-order valence-corrected chi connectivity index (χ4v) is 2.98. The Morgan fingerprint density at radius 2 is 1.93 bits per heavy atom. The molecule has 0 spiro atoms. The van der Waals surface area contributed by atoms with Crippen LogP contribution in [0, 0.1) is 13.8 Å². The first-order valence-corrected chi connectivity index (χ1v) is 8.54. The van der Waals surface area contributed by atoms with Gasteiger partial charge in [-0.25, -0.2) is 9.97 Å². The van der Waals surface area contributed by atoms with Gasteiger partial charge in [0.25, 0.3) is 5.91 Å². The summed E-state index contributed by atoms with van der Waals surface area (Å²) >= 11 is 0. The van der Waals surface area contributed by atoms with Gasteiger partial charge in [0, 0.05) is 24.1 Å². The minimum Gasteiger partial charge on any atom is -0.458 e. The van der Waals surface area contributed by atoms with Gasteiger partial charge in [-0.3, -0.25) is 9.78 Å². The van der Waals surface area contributed by atoms with Crippen LogP contribution in [0.15, 0.2) is 24.4 Å². The number of carbonyl (C=O) groups is 1. The van der Waals surface area contributed by atoms with Crippen molar-refractivity contribution in [3.63, 3.8) is 0 Å². The number of rotatable bonds is 3. The first kappa shape index (κ1) is 19.1. The summed E-state index contributed by atoms with van der Waals surface area (Å²) < 4.78 is 43.6. The van der Waals surface area contributed by atoms with Crippen LogP contribution in [-0.4, -0.2) is 45.0 Å². The van der Waals surface area contributed by atoms with E-state index in [2.05, 4.69) is 15.0 Å². The van der Waals surface area contributed by atoms with Crippen LogP contribution in [0.4, 0.5) is 13.2 Å². The van der Waals surface area contributed by atoms with Crippen molar-refractivity contribution < 1.29 is 22.7 Å². The molecule has 1 aliphatic rings. The number of aromatic nitrogens is 3. The van der Waals surface area contributed by atoms with Gasteiger partial charge in [0.1, 0.15) is 11.8 Å². The van der Waals surface area contributed by atoms with E-state index in [0.717, 1.165) is 42.6 Å². The third kappa shape index (κ3) is 4.72. The minimum atomic E-state index is -4.53. The van der Waals surface area contributed by atoms with Gasteiger partial charge in [-0.05, 0) is 44.9 Å². The Hall–Kier alpha value is -2.71. The number of hydrogen-bond acceptors (Lipinski definition) is 5. The van der Waals surface area contributed by atoms with E-state index in [-0.39, 0.29) is 23.6 Å². The van der Waals surface area contributed by atoms with Crippen LogP contribution in [0.2, 0.25) is 0 Å². The van der Waals surface area contributed by atoms with Crippen molar-refractivity contribution >= 4 is 5.91 Å². The zero-order chi connectivity index (χ0) is 19.6. The molecule has 0 bridgehead atoms. The first-order chi connectivity index (χ1) is 12.7. The van der Waals surface area contributed by atoms with Crippen LogP contribution < -0.4 is 4.74 Å². The molecule has 0 radical (unpaired) electrons. The lowest BCUT2D eigenvalue weighted by Gasteiger charge is -2.32. The molecule has 0 saturated carbocycles. The number of amides is 1. The average molecular weight is 380 g/mol. The van der Waals surface area contributed by atoms with Gasteiger partial charge in [0.05, 0.1) is 12.1 Å². The Labute approximate surface area is 154 Å². The van der Waals surface area contributed by atoms with Crippen LogP contribution in [0.1, 0.15) is 40.3 Å². The van der Waals surface area contributed by atoms with E-state index >= 15 is 0 Å². The number of pyridine rings is 1. The molecule has 6 nitrogen and oxygen atoms in total. The molecule has 27 heavy (non-hydrogen) atoms. The molecule has 0 unspecified atom stereocenters. The number of ether oxygens (including phenoxy) is 1. The highest BCUT2D eigenvalue weighted by Crippen LogP contribution is 2.27. The van der Waals surface area contributed by atoms with E-state index in [1.165, 1.54) is 0 Å². The second-order valence-corrected chi connectivity index (χ2v) is 6.50. The van der Waals surface area contributed by atoms with Crippen molar-refractivity contribution in [1.29, 1.82) is 0 Å². The van der Waals surface area contributed by atoms with Gasteiger partial charge in [-0.15, -0.1) is 0 Å². The highest BCUT2D eigenvalue weighted by atomic mass is 19.4. The van der Waals surface area contributed by atoms with Crippen molar-refractivity contribution in [1.82, 2.24) is 19.9 Å². The number of piperidine rings is 1. The summed E-state index contributed by atoms with van der Waals surface area (Å²) in [5.74, 6) is -0.370. The van der Waals surface area contributed by atoms with E-state index in [9.17, 15) is 18.0 Å². The van der Waals surface area contributed by atoms with Gasteiger partial charge < -0.3 is 9.64 Å². The molecule has 0 N–H and O–H groups in total. The van der Waals surface area contributed by atoms with Gasteiger partial charge in [0.15, 0.2) is 0 Å². The lowest BCUT2D eigenvalue weighted by Crippen LogP contribution is -2.44. The van der Waals surface area contributed by atoms with Crippen LogP contribution in [0.3, 0.4) is 0 Å². The predicted molar refractivity (Wildman–Crippen MR) is 90.3 cm³/mol. The van der Waals surface area contributed by atoms with Crippen LogP contribution >= 0.6 is 0 Å². The van der Waals surface area contributed by atoms with Crippen molar-refractivity contribution in [2.24, 2.45) is 0 Å². The topological polar surface area (TPSA) is 68.2 Å². The molecule has 0 aromatic carbocycles. The molecular weight excluding hydrogens is 361 g/mol. The van der Waals surface area contributed by atoms with E-state index in [1.54, 1.807) is 4.90 Å². The van der Waals surface area contributed by atoms with Crippen molar-refractivity contribution in [2.45, 2.75) is 39.0 Å². The van der Waals surface area contributed by atoms with Gasteiger partial charge in [-0.2, -0.15) is 13.2 Å². The Morgan fingerprint density at radius 3 is 2.52 bits per heavy atom. The highest BCUT2D eigenvalue weighted by Gasteiger charge is 2.33.